The number of amides is 2. The Kier molecular flexibility index (Phi) is 9.19. The van der Waals surface area contributed by atoms with E-state index in [1.54, 1.807) is 6.92 Å². The van der Waals surface area contributed by atoms with Gasteiger partial charge in [-0.05, 0) is 25.3 Å². The molecule has 0 bridgehead atoms. The van der Waals surface area contributed by atoms with E-state index in [0.717, 1.165) is 5.56 Å². The van der Waals surface area contributed by atoms with Crippen molar-refractivity contribution in [2.45, 2.75) is 52.8 Å². The summed E-state index contributed by atoms with van der Waals surface area (Å²) in [5.41, 5.74) is 0.850. The summed E-state index contributed by atoms with van der Waals surface area (Å²) in [6.07, 6.45) is -0.0109. The van der Waals surface area contributed by atoms with Crippen LogP contribution in [0.5, 0.6) is 0 Å². The summed E-state index contributed by atoms with van der Waals surface area (Å²) in [4.78, 5) is 36.2. The number of hydrogen-bond donors (Lipinski definition) is 2. The molecule has 7 nitrogen and oxygen atoms in total. The molecule has 2 amide bonds. The minimum absolute atomic E-state index is 0.112. The standard InChI is InChI=1S/C19H28N2O5/c1-5-13(3)16(17(22)20-14(4)18(23)25-6-2)21-19(24)26-12-15-10-8-7-9-11-15/h7-11,13-14,16H,5-6,12H2,1-4H3,(H,20,22)(H,21,24)/t13-,14-,16-/m0/s1. The number of esters is 1. The average Bonchev–Trinajstić information content (AvgIpc) is 2.64. The smallest absolute Gasteiger partial charge is 0.408 e. The van der Waals surface area contributed by atoms with Crippen molar-refractivity contribution in [1.82, 2.24) is 10.6 Å². The summed E-state index contributed by atoms with van der Waals surface area (Å²) in [7, 11) is 0. The molecule has 0 spiro atoms. The molecule has 144 valence electrons. The fourth-order valence-electron chi connectivity index (χ4n) is 2.22. The Balaban J connectivity index is 2.63. The lowest BCUT2D eigenvalue weighted by molar-refractivity contribution is -0.147. The van der Waals surface area contributed by atoms with Crippen LogP contribution in [0.3, 0.4) is 0 Å². The highest BCUT2D eigenvalue weighted by molar-refractivity contribution is 5.89. The molecule has 1 aromatic carbocycles. The van der Waals surface area contributed by atoms with Crippen molar-refractivity contribution in [3.8, 4) is 0 Å². The molecule has 26 heavy (non-hydrogen) atoms. The normalized spacial score (nSPS) is 13.8. The molecule has 1 aromatic rings. The lowest BCUT2D eigenvalue weighted by atomic mass is 9.98. The molecule has 0 heterocycles. The molecule has 0 unspecified atom stereocenters. The average molecular weight is 364 g/mol. The Morgan fingerprint density at radius 2 is 1.65 bits per heavy atom. The lowest BCUT2D eigenvalue weighted by Crippen LogP contribution is -2.53. The zero-order chi connectivity index (χ0) is 19.5. The fourth-order valence-corrected chi connectivity index (χ4v) is 2.22. The van der Waals surface area contributed by atoms with Crippen LogP contribution in [0.1, 0.15) is 39.7 Å². The van der Waals surface area contributed by atoms with E-state index >= 15 is 0 Å². The molecule has 2 N–H and O–H groups in total. The van der Waals surface area contributed by atoms with Crippen LogP contribution >= 0.6 is 0 Å². The summed E-state index contributed by atoms with van der Waals surface area (Å²) < 4.78 is 10.0. The first-order valence-corrected chi connectivity index (χ1v) is 8.83. The Morgan fingerprint density at radius 1 is 1.00 bits per heavy atom. The van der Waals surface area contributed by atoms with E-state index < -0.39 is 30.1 Å². The minimum atomic E-state index is -0.805. The Labute approximate surface area is 154 Å². The van der Waals surface area contributed by atoms with Crippen molar-refractivity contribution < 1.29 is 23.9 Å². The van der Waals surface area contributed by atoms with Gasteiger partial charge in [0.05, 0.1) is 6.61 Å². The van der Waals surface area contributed by atoms with Gasteiger partial charge in [0, 0.05) is 0 Å². The van der Waals surface area contributed by atoms with Gasteiger partial charge in [0.25, 0.3) is 0 Å². The van der Waals surface area contributed by atoms with Gasteiger partial charge in [0.1, 0.15) is 18.7 Å². The van der Waals surface area contributed by atoms with Crippen molar-refractivity contribution >= 4 is 18.0 Å². The van der Waals surface area contributed by atoms with E-state index in [1.165, 1.54) is 6.92 Å². The maximum Gasteiger partial charge on any atom is 0.408 e. The second-order valence-electron chi connectivity index (χ2n) is 6.05. The van der Waals surface area contributed by atoms with Crippen molar-refractivity contribution in [3.63, 3.8) is 0 Å². The van der Waals surface area contributed by atoms with Gasteiger partial charge in [-0.3, -0.25) is 4.79 Å². The second-order valence-corrected chi connectivity index (χ2v) is 6.05. The van der Waals surface area contributed by atoms with Crippen molar-refractivity contribution in [2.24, 2.45) is 5.92 Å². The van der Waals surface area contributed by atoms with Gasteiger partial charge in [-0.2, -0.15) is 0 Å². The molecule has 0 aliphatic rings. The lowest BCUT2D eigenvalue weighted by Gasteiger charge is -2.24. The fraction of sp³-hybridized carbons (Fsp3) is 0.526. The summed E-state index contributed by atoms with van der Waals surface area (Å²) in [5.74, 6) is -1.10. The zero-order valence-electron chi connectivity index (χ0n) is 15.8. The van der Waals surface area contributed by atoms with E-state index in [0.29, 0.717) is 6.42 Å². The number of carbonyl (C=O) groups is 3. The number of hydrogen-bond acceptors (Lipinski definition) is 5. The highest BCUT2D eigenvalue weighted by atomic mass is 16.5. The number of ether oxygens (including phenoxy) is 2. The molecule has 7 heteroatoms. The first-order valence-electron chi connectivity index (χ1n) is 8.83. The van der Waals surface area contributed by atoms with Crippen LogP contribution in [0.4, 0.5) is 4.79 Å². The van der Waals surface area contributed by atoms with Gasteiger partial charge in [0.2, 0.25) is 5.91 Å². The van der Waals surface area contributed by atoms with Crippen LogP contribution in [-0.4, -0.2) is 36.7 Å². The highest BCUT2D eigenvalue weighted by Gasteiger charge is 2.29. The van der Waals surface area contributed by atoms with Gasteiger partial charge in [-0.25, -0.2) is 9.59 Å². The number of alkyl carbamates (subject to hydrolysis) is 1. The van der Waals surface area contributed by atoms with Gasteiger partial charge in [0.15, 0.2) is 0 Å². The molecule has 0 aromatic heterocycles. The number of benzene rings is 1. The van der Waals surface area contributed by atoms with Crippen LogP contribution in [-0.2, 0) is 25.7 Å². The van der Waals surface area contributed by atoms with E-state index in [9.17, 15) is 14.4 Å². The Bertz CT molecular complexity index is 591. The van der Waals surface area contributed by atoms with Crippen LogP contribution < -0.4 is 10.6 Å². The van der Waals surface area contributed by atoms with Crippen LogP contribution in [0.2, 0.25) is 0 Å². The molecule has 0 aliphatic heterocycles. The minimum Gasteiger partial charge on any atom is -0.464 e. The molecular weight excluding hydrogens is 336 g/mol. The molecule has 0 fully saturated rings. The van der Waals surface area contributed by atoms with E-state index in [-0.39, 0.29) is 19.1 Å². The predicted molar refractivity (Wildman–Crippen MR) is 97.2 cm³/mol. The SMILES string of the molecule is CCOC(=O)[C@H](C)NC(=O)[C@@H](NC(=O)OCc1ccccc1)[C@@H](C)CC. The molecule has 0 saturated heterocycles. The number of rotatable bonds is 9. The van der Waals surface area contributed by atoms with Crippen LogP contribution in [0, 0.1) is 5.92 Å². The first-order chi connectivity index (χ1) is 12.4. The van der Waals surface area contributed by atoms with Gasteiger partial charge < -0.3 is 20.1 Å². The molecule has 0 aliphatic carbocycles. The second kappa shape index (κ2) is 11.1. The van der Waals surface area contributed by atoms with Gasteiger partial charge in [-0.1, -0.05) is 50.6 Å². The molecule has 3 atom stereocenters. The summed E-state index contributed by atoms with van der Waals surface area (Å²) in [6, 6.07) is 7.65. The topological polar surface area (TPSA) is 93.7 Å². The zero-order valence-corrected chi connectivity index (χ0v) is 15.8. The number of nitrogens with one attached hydrogen (secondary N) is 2. The molecule has 0 saturated carbocycles. The van der Waals surface area contributed by atoms with Gasteiger partial charge in [-0.15, -0.1) is 0 Å². The third-order valence-electron chi connectivity index (χ3n) is 3.98. The quantitative estimate of drug-likeness (QED) is 0.656. The largest absolute Gasteiger partial charge is 0.464 e. The van der Waals surface area contributed by atoms with Crippen molar-refractivity contribution in [2.75, 3.05) is 6.61 Å². The summed E-state index contributed by atoms with van der Waals surface area (Å²) >= 11 is 0. The van der Waals surface area contributed by atoms with E-state index in [1.807, 2.05) is 44.2 Å². The summed E-state index contributed by atoms with van der Waals surface area (Å²) in [5, 5.41) is 5.16. The van der Waals surface area contributed by atoms with Crippen LogP contribution in [0.15, 0.2) is 30.3 Å². The first kappa shape index (κ1) is 21.5. The van der Waals surface area contributed by atoms with Crippen LogP contribution in [0.25, 0.3) is 0 Å². The van der Waals surface area contributed by atoms with E-state index in [4.69, 9.17) is 9.47 Å². The molecule has 0 radical (unpaired) electrons. The number of carbonyl (C=O) groups excluding carboxylic acids is 3. The third kappa shape index (κ3) is 7.13. The Morgan fingerprint density at radius 3 is 2.23 bits per heavy atom. The molecule has 1 rings (SSSR count). The Hall–Kier alpha value is -2.57. The monoisotopic (exact) mass is 364 g/mol. The van der Waals surface area contributed by atoms with Crippen molar-refractivity contribution in [1.29, 1.82) is 0 Å². The highest BCUT2D eigenvalue weighted by Crippen LogP contribution is 2.09. The predicted octanol–water partition coefficient (Wildman–Crippen LogP) is 2.40. The van der Waals surface area contributed by atoms with E-state index in [2.05, 4.69) is 10.6 Å². The third-order valence-corrected chi connectivity index (χ3v) is 3.98. The van der Waals surface area contributed by atoms with Crippen molar-refractivity contribution in [3.05, 3.63) is 35.9 Å². The molecular formula is C19H28N2O5. The summed E-state index contributed by atoms with van der Waals surface area (Å²) in [6.45, 7) is 7.34. The maximum atomic E-state index is 12.5. The maximum absolute atomic E-state index is 12.5. The van der Waals surface area contributed by atoms with Gasteiger partial charge >= 0.3 is 12.1 Å².